The maximum absolute atomic E-state index is 13.0. The topological polar surface area (TPSA) is 58.8 Å². The summed E-state index contributed by atoms with van der Waals surface area (Å²) in [6.07, 6.45) is 4.48. The van der Waals surface area contributed by atoms with Gasteiger partial charge in [-0.1, -0.05) is 5.16 Å². The molecule has 1 atom stereocenters. The SMILES string of the molecule is Cc1noc(C)c1CN1CCc2c(C(=O)N(C)CC3CCCCO3)csc2C1. The van der Waals surface area contributed by atoms with Crippen molar-refractivity contribution in [2.45, 2.75) is 58.7 Å². The Morgan fingerprint density at radius 3 is 2.96 bits per heavy atom. The van der Waals surface area contributed by atoms with Gasteiger partial charge < -0.3 is 14.2 Å². The molecule has 0 N–H and O–H groups in total. The molecule has 0 aliphatic carbocycles. The molecule has 0 saturated carbocycles. The number of amides is 1. The van der Waals surface area contributed by atoms with Crippen LogP contribution in [0.15, 0.2) is 9.90 Å². The fourth-order valence-corrected chi connectivity index (χ4v) is 5.31. The van der Waals surface area contributed by atoms with Crippen LogP contribution in [0.4, 0.5) is 0 Å². The molecule has 0 aromatic carbocycles. The minimum Gasteiger partial charge on any atom is -0.376 e. The first-order valence-corrected chi connectivity index (χ1v) is 11.0. The van der Waals surface area contributed by atoms with E-state index in [2.05, 4.69) is 10.1 Å². The Labute approximate surface area is 170 Å². The van der Waals surface area contributed by atoms with Crippen LogP contribution in [-0.2, 0) is 24.2 Å². The van der Waals surface area contributed by atoms with Crippen molar-refractivity contribution in [1.82, 2.24) is 15.0 Å². The Kier molecular flexibility index (Phi) is 5.85. The van der Waals surface area contributed by atoms with Crippen molar-refractivity contribution in [3.8, 4) is 0 Å². The van der Waals surface area contributed by atoms with Crippen molar-refractivity contribution in [2.24, 2.45) is 0 Å². The molecule has 7 heteroatoms. The third-order valence-corrected chi connectivity index (χ3v) is 6.93. The van der Waals surface area contributed by atoms with Crippen LogP contribution in [-0.4, -0.2) is 53.7 Å². The lowest BCUT2D eigenvalue weighted by Crippen LogP contribution is -2.37. The second-order valence-corrected chi connectivity index (χ2v) is 8.95. The zero-order chi connectivity index (χ0) is 19.7. The maximum atomic E-state index is 13.0. The molecule has 152 valence electrons. The van der Waals surface area contributed by atoms with E-state index >= 15 is 0 Å². The fourth-order valence-electron chi connectivity index (χ4n) is 4.19. The molecule has 28 heavy (non-hydrogen) atoms. The summed E-state index contributed by atoms with van der Waals surface area (Å²) in [6, 6.07) is 0. The van der Waals surface area contributed by atoms with E-state index in [1.54, 1.807) is 11.3 Å². The largest absolute Gasteiger partial charge is 0.376 e. The number of hydrogen-bond donors (Lipinski definition) is 0. The third-order valence-electron chi connectivity index (χ3n) is 5.92. The molecule has 2 aliphatic rings. The monoisotopic (exact) mass is 403 g/mol. The van der Waals surface area contributed by atoms with E-state index in [-0.39, 0.29) is 12.0 Å². The highest BCUT2D eigenvalue weighted by atomic mass is 32.1. The van der Waals surface area contributed by atoms with Crippen molar-refractivity contribution in [1.29, 1.82) is 0 Å². The molecule has 2 aliphatic heterocycles. The van der Waals surface area contributed by atoms with Gasteiger partial charge in [0.15, 0.2) is 0 Å². The molecule has 1 amide bonds. The number of aromatic nitrogens is 1. The van der Waals surface area contributed by atoms with Crippen LogP contribution < -0.4 is 0 Å². The first kappa shape index (κ1) is 19.6. The average molecular weight is 404 g/mol. The van der Waals surface area contributed by atoms with Crippen LogP contribution >= 0.6 is 11.3 Å². The molecule has 6 nitrogen and oxygen atoms in total. The molecule has 4 rings (SSSR count). The third kappa shape index (κ3) is 4.02. The number of likely N-dealkylation sites (N-methyl/N-ethyl adjacent to an activating group) is 1. The van der Waals surface area contributed by atoms with Gasteiger partial charge in [0.25, 0.3) is 5.91 Å². The Morgan fingerprint density at radius 1 is 1.39 bits per heavy atom. The summed E-state index contributed by atoms with van der Waals surface area (Å²) >= 11 is 1.71. The van der Waals surface area contributed by atoms with Gasteiger partial charge in [0, 0.05) is 55.7 Å². The summed E-state index contributed by atoms with van der Waals surface area (Å²) in [4.78, 5) is 18.6. The summed E-state index contributed by atoms with van der Waals surface area (Å²) in [5, 5.41) is 6.11. The number of carbonyl (C=O) groups is 1. The van der Waals surface area contributed by atoms with Gasteiger partial charge in [-0.2, -0.15) is 0 Å². The Hall–Kier alpha value is -1.70. The number of rotatable bonds is 5. The van der Waals surface area contributed by atoms with Gasteiger partial charge in [-0.05, 0) is 45.1 Å². The molecular formula is C21H29N3O3S. The van der Waals surface area contributed by atoms with Crippen LogP contribution in [0.2, 0.25) is 0 Å². The fraction of sp³-hybridized carbons (Fsp3) is 0.619. The maximum Gasteiger partial charge on any atom is 0.254 e. The van der Waals surface area contributed by atoms with E-state index in [9.17, 15) is 4.79 Å². The highest BCUT2D eigenvalue weighted by Crippen LogP contribution is 2.31. The van der Waals surface area contributed by atoms with Gasteiger partial charge in [0.1, 0.15) is 5.76 Å². The molecule has 1 saturated heterocycles. The molecule has 2 aromatic heterocycles. The second-order valence-electron chi connectivity index (χ2n) is 7.99. The first-order chi connectivity index (χ1) is 13.5. The zero-order valence-electron chi connectivity index (χ0n) is 17.0. The minimum atomic E-state index is 0.130. The van der Waals surface area contributed by atoms with Crippen LogP contribution in [0.5, 0.6) is 0 Å². The molecule has 2 aromatic rings. The van der Waals surface area contributed by atoms with Crippen LogP contribution in [0.1, 0.15) is 57.1 Å². The smallest absolute Gasteiger partial charge is 0.254 e. The molecule has 0 spiro atoms. The summed E-state index contributed by atoms with van der Waals surface area (Å²) in [5.74, 6) is 1.03. The molecule has 1 fully saturated rings. The van der Waals surface area contributed by atoms with Crippen molar-refractivity contribution in [3.63, 3.8) is 0 Å². The summed E-state index contributed by atoms with van der Waals surface area (Å²) < 4.78 is 11.1. The number of thiophene rings is 1. The summed E-state index contributed by atoms with van der Waals surface area (Å²) in [5.41, 5.74) is 4.28. The Balaban J connectivity index is 1.41. The second kappa shape index (κ2) is 8.35. The zero-order valence-corrected chi connectivity index (χ0v) is 17.8. The van der Waals surface area contributed by atoms with Gasteiger partial charge in [0.2, 0.25) is 0 Å². The first-order valence-electron chi connectivity index (χ1n) is 10.1. The molecule has 0 bridgehead atoms. The van der Waals surface area contributed by atoms with Crippen molar-refractivity contribution < 1.29 is 14.1 Å². The van der Waals surface area contributed by atoms with E-state index in [4.69, 9.17) is 9.26 Å². The van der Waals surface area contributed by atoms with Gasteiger partial charge in [-0.25, -0.2) is 0 Å². The van der Waals surface area contributed by atoms with Crippen LogP contribution in [0.3, 0.4) is 0 Å². The number of carbonyl (C=O) groups excluding carboxylic acids is 1. The molecule has 0 radical (unpaired) electrons. The van der Waals surface area contributed by atoms with E-state index in [0.717, 1.165) is 62.5 Å². The summed E-state index contributed by atoms with van der Waals surface area (Å²) in [6.45, 7) is 8.15. The van der Waals surface area contributed by atoms with Crippen molar-refractivity contribution in [2.75, 3.05) is 26.7 Å². The van der Waals surface area contributed by atoms with E-state index < -0.39 is 0 Å². The van der Waals surface area contributed by atoms with Gasteiger partial charge in [-0.3, -0.25) is 9.69 Å². The molecular weight excluding hydrogens is 374 g/mol. The lowest BCUT2D eigenvalue weighted by molar-refractivity contribution is -0.000206. The van der Waals surface area contributed by atoms with E-state index in [0.29, 0.717) is 6.54 Å². The quantitative estimate of drug-likeness (QED) is 0.764. The normalized spacial score (nSPS) is 20.2. The Morgan fingerprint density at radius 2 is 2.25 bits per heavy atom. The van der Waals surface area contributed by atoms with Gasteiger partial charge in [-0.15, -0.1) is 11.3 Å². The number of hydrogen-bond acceptors (Lipinski definition) is 6. The van der Waals surface area contributed by atoms with Gasteiger partial charge in [0.05, 0.1) is 17.4 Å². The number of fused-ring (bicyclic) bond motifs is 1. The lowest BCUT2D eigenvalue weighted by atomic mass is 10.0. The van der Waals surface area contributed by atoms with E-state index in [1.165, 1.54) is 22.4 Å². The predicted molar refractivity (Wildman–Crippen MR) is 109 cm³/mol. The van der Waals surface area contributed by atoms with Crippen molar-refractivity contribution >= 4 is 17.2 Å². The minimum absolute atomic E-state index is 0.130. The van der Waals surface area contributed by atoms with Crippen LogP contribution in [0, 0.1) is 13.8 Å². The van der Waals surface area contributed by atoms with Crippen LogP contribution in [0.25, 0.3) is 0 Å². The standard InChI is InChI=1S/C21H29N3O3S/c1-14-18(15(2)27-22-14)11-24-8-7-17-19(13-28-20(17)12-24)21(25)23(3)10-16-6-4-5-9-26-16/h13,16H,4-12H2,1-3H3. The number of aryl methyl sites for hydroxylation is 2. The molecule has 4 heterocycles. The van der Waals surface area contributed by atoms with E-state index in [1.807, 2.05) is 31.2 Å². The number of nitrogens with zero attached hydrogens (tertiary/aromatic N) is 3. The highest BCUT2D eigenvalue weighted by molar-refractivity contribution is 7.10. The van der Waals surface area contributed by atoms with Gasteiger partial charge >= 0.3 is 0 Å². The van der Waals surface area contributed by atoms with Crippen molar-refractivity contribution in [3.05, 3.63) is 38.4 Å². The highest BCUT2D eigenvalue weighted by Gasteiger charge is 2.27. The molecule has 1 unspecified atom stereocenters. The number of ether oxygens (including phenoxy) is 1. The Bertz CT molecular complexity index is 819. The predicted octanol–water partition coefficient (Wildman–Crippen LogP) is 3.55. The average Bonchev–Trinajstić information content (AvgIpc) is 3.26. The lowest BCUT2D eigenvalue weighted by Gasteiger charge is -2.29. The summed E-state index contributed by atoms with van der Waals surface area (Å²) in [7, 11) is 1.90.